The van der Waals surface area contributed by atoms with Gasteiger partial charge in [-0.25, -0.2) is 5.43 Å². The summed E-state index contributed by atoms with van der Waals surface area (Å²) in [7, 11) is 1.46. The van der Waals surface area contributed by atoms with E-state index in [1.807, 2.05) is 28.7 Å². The number of methoxy groups -OCH3 is 1. The number of rotatable bonds is 4. The zero-order valence-electron chi connectivity index (χ0n) is 13.2. The zero-order valence-corrected chi connectivity index (χ0v) is 15.4. The Balaban J connectivity index is 1.63. The molecule has 0 aromatic heterocycles. The Kier molecular flexibility index (Phi) is 5.27. The maximum Gasteiger partial charge on any atom is 0.284 e. The van der Waals surface area contributed by atoms with Gasteiger partial charge in [-0.15, -0.1) is 0 Å². The lowest BCUT2D eigenvalue weighted by Crippen LogP contribution is -2.42. The van der Waals surface area contributed by atoms with Crippen molar-refractivity contribution in [1.29, 1.82) is 0 Å². The van der Waals surface area contributed by atoms with Gasteiger partial charge in [0.2, 0.25) is 6.10 Å². The minimum Gasteiger partial charge on any atom is -0.504 e. The average molecular weight is 454 g/mol. The van der Waals surface area contributed by atoms with Crippen LogP contribution in [0, 0.1) is 3.57 Å². The number of phenolic OH excluding ortho intramolecular Hbond substituents is 1. The number of amides is 1. The van der Waals surface area contributed by atoms with Gasteiger partial charge in [-0.1, -0.05) is 12.1 Å². The van der Waals surface area contributed by atoms with Crippen LogP contribution in [0.2, 0.25) is 0 Å². The number of carbonyl (C=O) groups excluding carboxylic acids is 1. The van der Waals surface area contributed by atoms with E-state index in [0.29, 0.717) is 26.4 Å². The van der Waals surface area contributed by atoms with Crippen molar-refractivity contribution in [1.82, 2.24) is 5.43 Å². The third-order valence-electron chi connectivity index (χ3n) is 3.46. The first kappa shape index (κ1) is 17.3. The lowest BCUT2D eigenvalue weighted by atomic mass is 10.2. The SMILES string of the molecule is COc1cc(/C=N/NC(=O)[C@@H]2COc3ccccc3O2)cc(I)c1O. The molecule has 1 aliphatic rings. The van der Waals surface area contributed by atoms with E-state index in [9.17, 15) is 9.90 Å². The van der Waals surface area contributed by atoms with E-state index in [0.717, 1.165) is 0 Å². The van der Waals surface area contributed by atoms with Crippen molar-refractivity contribution in [2.24, 2.45) is 5.10 Å². The third kappa shape index (κ3) is 3.95. The van der Waals surface area contributed by atoms with Crippen LogP contribution in [0.1, 0.15) is 5.56 Å². The van der Waals surface area contributed by atoms with E-state index in [2.05, 4.69) is 10.5 Å². The fourth-order valence-electron chi connectivity index (χ4n) is 2.22. The van der Waals surface area contributed by atoms with Crippen molar-refractivity contribution < 1.29 is 24.1 Å². The number of ether oxygens (including phenoxy) is 3. The van der Waals surface area contributed by atoms with Crippen LogP contribution in [0.4, 0.5) is 0 Å². The molecule has 0 spiro atoms. The van der Waals surface area contributed by atoms with Crippen molar-refractivity contribution in [3.05, 3.63) is 45.5 Å². The lowest BCUT2D eigenvalue weighted by molar-refractivity contribution is -0.130. The molecule has 8 heteroatoms. The van der Waals surface area contributed by atoms with Gasteiger partial charge in [-0.05, 0) is 52.4 Å². The van der Waals surface area contributed by atoms with E-state index in [4.69, 9.17) is 14.2 Å². The Hall–Kier alpha value is -2.49. The molecule has 1 atom stereocenters. The number of aromatic hydroxyl groups is 1. The van der Waals surface area contributed by atoms with Gasteiger partial charge in [0.05, 0.1) is 16.9 Å². The summed E-state index contributed by atoms with van der Waals surface area (Å²) in [5, 5.41) is 13.7. The molecule has 2 aromatic rings. The van der Waals surface area contributed by atoms with Gasteiger partial charge in [0.1, 0.15) is 6.61 Å². The number of benzene rings is 2. The average Bonchev–Trinajstić information content (AvgIpc) is 2.63. The molecule has 2 N–H and O–H groups in total. The van der Waals surface area contributed by atoms with Gasteiger partial charge in [0, 0.05) is 0 Å². The number of nitrogens with zero attached hydrogens (tertiary/aromatic N) is 1. The molecule has 130 valence electrons. The van der Waals surface area contributed by atoms with Crippen LogP contribution in [0.15, 0.2) is 41.5 Å². The first-order chi connectivity index (χ1) is 12.1. The smallest absolute Gasteiger partial charge is 0.284 e. The molecule has 3 rings (SSSR count). The predicted octanol–water partition coefficient (Wildman–Crippen LogP) is 2.30. The van der Waals surface area contributed by atoms with Crippen molar-refractivity contribution in [2.45, 2.75) is 6.10 Å². The molecule has 0 unspecified atom stereocenters. The van der Waals surface area contributed by atoms with Crippen LogP contribution in [0.25, 0.3) is 0 Å². The van der Waals surface area contributed by atoms with Crippen molar-refractivity contribution in [2.75, 3.05) is 13.7 Å². The molecule has 25 heavy (non-hydrogen) atoms. The largest absolute Gasteiger partial charge is 0.504 e. The van der Waals surface area contributed by atoms with Crippen LogP contribution >= 0.6 is 22.6 Å². The van der Waals surface area contributed by atoms with E-state index < -0.39 is 12.0 Å². The Morgan fingerprint density at radius 2 is 2.16 bits per heavy atom. The standard InChI is InChI=1S/C17H15IN2O5/c1-23-14-7-10(6-11(18)16(14)21)8-19-20-17(22)15-9-24-12-4-2-3-5-13(12)25-15/h2-8,15,21H,9H2,1H3,(H,20,22)/b19-8+/t15-/m0/s1. The summed E-state index contributed by atoms with van der Waals surface area (Å²) in [5.41, 5.74) is 3.09. The first-order valence-corrected chi connectivity index (χ1v) is 8.44. The molecule has 0 aliphatic carbocycles. The second-order valence-corrected chi connectivity index (χ2v) is 6.31. The fraction of sp³-hybridized carbons (Fsp3) is 0.176. The van der Waals surface area contributed by atoms with Crippen molar-refractivity contribution in [3.8, 4) is 23.0 Å². The summed E-state index contributed by atoms with van der Waals surface area (Å²) in [6.07, 6.45) is 0.682. The molecule has 0 fully saturated rings. The predicted molar refractivity (Wildman–Crippen MR) is 99.5 cm³/mol. The number of fused-ring (bicyclic) bond motifs is 1. The van der Waals surface area contributed by atoms with Crippen LogP contribution in [-0.2, 0) is 4.79 Å². The van der Waals surface area contributed by atoms with E-state index in [-0.39, 0.29) is 12.4 Å². The van der Waals surface area contributed by atoms with Crippen LogP contribution in [0.5, 0.6) is 23.0 Å². The highest BCUT2D eigenvalue weighted by molar-refractivity contribution is 14.1. The summed E-state index contributed by atoms with van der Waals surface area (Å²) in [4.78, 5) is 12.1. The van der Waals surface area contributed by atoms with E-state index >= 15 is 0 Å². The number of para-hydroxylation sites is 2. The maximum absolute atomic E-state index is 12.1. The summed E-state index contributed by atoms with van der Waals surface area (Å²) in [6, 6.07) is 10.5. The van der Waals surface area contributed by atoms with Gasteiger partial charge >= 0.3 is 0 Å². The molecule has 1 heterocycles. The number of halogens is 1. The van der Waals surface area contributed by atoms with Crippen LogP contribution in [-0.4, -0.2) is 37.0 Å². The normalized spacial score (nSPS) is 15.8. The number of carbonyl (C=O) groups is 1. The number of nitrogens with one attached hydrogen (secondary N) is 1. The number of phenols is 1. The van der Waals surface area contributed by atoms with Crippen molar-refractivity contribution in [3.63, 3.8) is 0 Å². The Morgan fingerprint density at radius 3 is 2.92 bits per heavy atom. The van der Waals surface area contributed by atoms with Gasteiger partial charge < -0.3 is 19.3 Å². The van der Waals surface area contributed by atoms with Crippen LogP contribution in [0.3, 0.4) is 0 Å². The molecular weight excluding hydrogens is 439 g/mol. The minimum atomic E-state index is -0.776. The summed E-state index contributed by atoms with van der Waals surface area (Å²) >= 11 is 1.98. The number of hydrogen-bond acceptors (Lipinski definition) is 6. The molecule has 0 radical (unpaired) electrons. The highest BCUT2D eigenvalue weighted by Gasteiger charge is 2.26. The van der Waals surface area contributed by atoms with Gasteiger partial charge in [0.25, 0.3) is 5.91 Å². The molecule has 0 saturated heterocycles. The van der Waals surface area contributed by atoms with Gasteiger partial charge in [-0.2, -0.15) is 5.10 Å². The Morgan fingerprint density at radius 1 is 1.40 bits per heavy atom. The second kappa shape index (κ2) is 7.60. The zero-order chi connectivity index (χ0) is 17.8. The van der Waals surface area contributed by atoms with Gasteiger partial charge in [-0.3, -0.25) is 4.79 Å². The Labute approximate surface area is 157 Å². The highest BCUT2D eigenvalue weighted by Crippen LogP contribution is 2.32. The number of hydrazone groups is 1. The molecule has 1 aliphatic heterocycles. The number of hydrogen-bond donors (Lipinski definition) is 2. The van der Waals surface area contributed by atoms with E-state index in [1.54, 1.807) is 30.3 Å². The summed E-state index contributed by atoms with van der Waals surface area (Å²) in [5.74, 6) is 1.12. The second-order valence-electron chi connectivity index (χ2n) is 5.15. The molecular formula is C17H15IN2O5. The molecule has 2 aromatic carbocycles. The molecule has 0 saturated carbocycles. The summed E-state index contributed by atoms with van der Waals surface area (Å²) < 4.78 is 16.8. The van der Waals surface area contributed by atoms with E-state index in [1.165, 1.54) is 13.3 Å². The lowest BCUT2D eigenvalue weighted by Gasteiger charge is -2.24. The quantitative estimate of drug-likeness (QED) is 0.421. The fourth-order valence-corrected chi connectivity index (χ4v) is 2.84. The third-order valence-corrected chi connectivity index (χ3v) is 4.28. The minimum absolute atomic E-state index is 0.0655. The molecule has 1 amide bonds. The first-order valence-electron chi connectivity index (χ1n) is 7.36. The van der Waals surface area contributed by atoms with Gasteiger partial charge in [0.15, 0.2) is 23.0 Å². The molecule has 7 nitrogen and oxygen atoms in total. The Bertz CT molecular complexity index is 825. The van der Waals surface area contributed by atoms with Crippen molar-refractivity contribution >= 4 is 34.7 Å². The monoisotopic (exact) mass is 454 g/mol. The molecule has 0 bridgehead atoms. The summed E-state index contributed by atoms with van der Waals surface area (Å²) in [6.45, 7) is 0.114. The van der Waals surface area contributed by atoms with Crippen LogP contribution < -0.4 is 19.6 Å². The topological polar surface area (TPSA) is 89.4 Å². The maximum atomic E-state index is 12.1. The highest BCUT2D eigenvalue weighted by atomic mass is 127.